The molecule has 2 aromatic rings. The number of aryl methyl sites for hydroxylation is 1. The van der Waals surface area contributed by atoms with Gasteiger partial charge in [0.05, 0.1) is 6.54 Å². The van der Waals surface area contributed by atoms with Crippen LogP contribution < -0.4 is 0 Å². The fourth-order valence-electron chi connectivity index (χ4n) is 2.98. The Balaban J connectivity index is 1.73. The molecule has 2 nitrogen and oxygen atoms in total. The van der Waals surface area contributed by atoms with Crippen LogP contribution in [0.3, 0.4) is 0 Å². The molecular formula is C20H21NO. The van der Waals surface area contributed by atoms with Gasteiger partial charge in [-0.1, -0.05) is 60.2 Å². The van der Waals surface area contributed by atoms with Gasteiger partial charge in [0.2, 0.25) is 0 Å². The number of hydrogen-bond acceptors (Lipinski definition) is 2. The minimum absolute atomic E-state index is 0.288. The summed E-state index contributed by atoms with van der Waals surface area (Å²) in [5.41, 5.74) is 4.75. The van der Waals surface area contributed by atoms with Crippen LogP contribution in [0, 0.1) is 6.92 Å². The molecule has 2 heteroatoms. The number of ketones is 1. The van der Waals surface area contributed by atoms with Crippen LogP contribution in [0.25, 0.3) is 0 Å². The van der Waals surface area contributed by atoms with E-state index in [1.54, 1.807) is 0 Å². The average molecular weight is 291 g/mol. The normalized spacial score (nSPS) is 20.3. The maximum atomic E-state index is 12.1. The third-order valence-electron chi connectivity index (χ3n) is 4.23. The summed E-state index contributed by atoms with van der Waals surface area (Å²) in [6.45, 7) is 2.76. The first-order valence-electron chi connectivity index (χ1n) is 7.85. The summed E-state index contributed by atoms with van der Waals surface area (Å²) in [5.74, 6) is 0.597. The Morgan fingerprint density at radius 3 is 2.45 bits per heavy atom. The van der Waals surface area contributed by atoms with Crippen LogP contribution in [0.1, 0.15) is 41.9 Å². The van der Waals surface area contributed by atoms with Gasteiger partial charge in [0.15, 0.2) is 0 Å². The van der Waals surface area contributed by atoms with Crippen molar-refractivity contribution in [3.05, 3.63) is 71.3 Å². The first-order valence-corrected chi connectivity index (χ1v) is 7.85. The predicted octanol–water partition coefficient (Wildman–Crippen LogP) is 4.47. The first kappa shape index (κ1) is 14.7. The molecule has 0 spiro atoms. The van der Waals surface area contributed by atoms with Gasteiger partial charge in [0.25, 0.3) is 0 Å². The van der Waals surface area contributed by atoms with E-state index in [0.29, 0.717) is 25.2 Å². The number of rotatable bonds is 3. The quantitative estimate of drug-likeness (QED) is 0.820. The molecule has 0 aliphatic heterocycles. The topological polar surface area (TPSA) is 29.4 Å². The second-order valence-electron chi connectivity index (χ2n) is 6.10. The van der Waals surface area contributed by atoms with Gasteiger partial charge in [-0.3, -0.25) is 9.79 Å². The highest BCUT2D eigenvalue weighted by atomic mass is 16.1. The number of hydrogen-bond donors (Lipinski definition) is 0. The number of benzene rings is 2. The third kappa shape index (κ3) is 3.70. The van der Waals surface area contributed by atoms with Crippen LogP contribution in [0.15, 0.2) is 59.6 Å². The molecule has 2 aromatic carbocycles. The zero-order chi connectivity index (χ0) is 15.4. The third-order valence-corrected chi connectivity index (χ3v) is 4.23. The molecule has 1 aliphatic carbocycles. The molecule has 1 saturated carbocycles. The molecular weight excluding hydrogens is 270 g/mol. The smallest absolute Gasteiger partial charge is 0.139 e. The molecule has 112 valence electrons. The monoisotopic (exact) mass is 291 g/mol. The van der Waals surface area contributed by atoms with Crippen LogP contribution in [-0.2, 0) is 11.3 Å². The minimum atomic E-state index is 0.288. The van der Waals surface area contributed by atoms with E-state index in [0.717, 1.165) is 12.1 Å². The lowest BCUT2D eigenvalue weighted by Gasteiger charge is -2.23. The molecule has 0 bridgehead atoms. The molecule has 1 aliphatic rings. The van der Waals surface area contributed by atoms with Gasteiger partial charge in [0.1, 0.15) is 5.78 Å². The van der Waals surface area contributed by atoms with Crippen molar-refractivity contribution in [1.29, 1.82) is 0 Å². The molecule has 1 fully saturated rings. The van der Waals surface area contributed by atoms with E-state index in [9.17, 15) is 4.79 Å². The zero-order valence-corrected chi connectivity index (χ0v) is 13.0. The van der Waals surface area contributed by atoms with Crippen LogP contribution >= 0.6 is 0 Å². The Hall–Kier alpha value is -2.22. The lowest BCUT2D eigenvalue weighted by molar-refractivity contribution is -0.118. The van der Waals surface area contributed by atoms with Crippen LogP contribution in [0.2, 0.25) is 0 Å². The van der Waals surface area contributed by atoms with Gasteiger partial charge in [-0.2, -0.15) is 0 Å². The molecule has 3 rings (SSSR count). The zero-order valence-electron chi connectivity index (χ0n) is 13.0. The van der Waals surface area contributed by atoms with Crippen molar-refractivity contribution in [2.24, 2.45) is 4.99 Å². The lowest BCUT2D eigenvalue weighted by Crippen LogP contribution is -2.21. The van der Waals surface area contributed by atoms with Gasteiger partial charge in [0, 0.05) is 18.6 Å². The van der Waals surface area contributed by atoms with Crippen molar-refractivity contribution >= 4 is 11.5 Å². The average Bonchev–Trinajstić information content (AvgIpc) is 2.54. The van der Waals surface area contributed by atoms with Crippen molar-refractivity contribution in [3.8, 4) is 0 Å². The minimum Gasteiger partial charge on any atom is -0.299 e. The number of aliphatic imine (C=N–C) groups is 1. The molecule has 22 heavy (non-hydrogen) atoms. The van der Waals surface area contributed by atoms with E-state index in [-0.39, 0.29) is 5.92 Å². The summed E-state index contributed by atoms with van der Waals surface area (Å²) in [7, 11) is 0. The Morgan fingerprint density at radius 2 is 1.73 bits per heavy atom. The summed E-state index contributed by atoms with van der Waals surface area (Å²) in [5, 5.41) is 0. The maximum Gasteiger partial charge on any atom is 0.139 e. The van der Waals surface area contributed by atoms with Crippen molar-refractivity contribution in [3.63, 3.8) is 0 Å². The molecule has 0 unspecified atom stereocenters. The summed E-state index contributed by atoms with van der Waals surface area (Å²) in [6.07, 6.45) is 2.07. The molecule has 1 atom stereocenters. The van der Waals surface area contributed by atoms with Crippen LogP contribution in [-0.4, -0.2) is 11.5 Å². The predicted molar refractivity (Wildman–Crippen MR) is 90.4 cm³/mol. The summed E-state index contributed by atoms with van der Waals surface area (Å²) in [6, 6.07) is 18.7. The van der Waals surface area contributed by atoms with Crippen LogP contribution in [0.4, 0.5) is 0 Å². The number of carbonyl (C=O) groups excluding carboxylic acids is 1. The summed E-state index contributed by atoms with van der Waals surface area (Å²) < 4.78 is 0. The Kier molecular flexibility index (Phi) is 4.47. The van der Waals surface area contributed by atoms with Crippen molar-refractivity contribution in [2.45, 2.75) is 38.6 Å². The second kappa shape index (κ2) is 6.69. The van der Waals surface area contributed by atoms with Crippen molar-refractivity contribution < 1.29 is 4.79 Å². The Morgan fingerprint density at radius 1 is 1.00 bits per heavy atom. The van der Waals surface area contributed by atoms with E-state index in [2.05, 4.69) is 43.3 Å². The van der Waals surface area contributed by atoms with E-state index in [4.69, 9.17) is 4.99 Å². The van der Waals surface area contributed by atoms with E-state index in [1.807, 2.05) is 18.2 Å². The highest BCUT2D eigenvalue weighted by molar-refractivity contribution is 6.05. The van der Waals surface area contributed by atoms with Crippen molar-refractivity contribution in [2.75, 3.05) is 0 Å². The largest absolute Gasteiger partial charge is 0.299 e. The molecule has 0 aromatic heterocycles. The van der Waals surface area contributed by atoms with Gasteiger partial charge >= 0.3 is 0 Å². The number of Topliss-reactive ketones (excluding diaryl/α,β-unsaturated/α-hetero) is 1. The van der Waals surface area contributed by atoms with Gasteiger partial charge < -0.3 is 0 Å². The molecule has 0 radical (unpaired) electrons. The number of nitrogens with zero attached hydrogens (tertiary/aromatic N) is 1. The standard InChI is InChI=1S/C20H21NO/c1-15-7-9-17(10-8-15)18-11-19(13-20(22)12-18)21-14-16-5-3-2-4-6-16/h2-10,18H,11-14H2,1H3/t18-/m1/s1. The fourth-order valence-corrected chi connectivity index (χ4v) is 2.98. The summed E-state index contributed by atoms with van der Waals surface area (Å²) in [4.78, 5) is 16.7. The van der Waals surface area contributed by atoms with E-state index >= 15 is 0 Å². The molecule has 0 amide bonds. The summed E-state index contributed by atoms with van der Waals surface area (Å²) >= 11 is 0. The van der Waals surface area contributed by atoms with E-state index in [1.165, 1.54) is 16.7 Å². The first-order chi connectivity index (χ1) is 10.7. The van der Waals surface area contributed by atoms with Crippen LogP contribution in [0.5, 0.6) is 0 Å². The Labute approximate surface area is 131 Å². The van der Waals surface area contributed by atoms with E-state index < -0.39 is 0 Å². The van der Waals surface area contributed by atoms with Gasteiger partial charge in [-0.05, 0) is 30.4 Å². The maximum absolute atomic E-state index is 12.1. The van der Waals surface area contributed by atoms with Gasteiger partial charge in [-0.25, -0.2) is 0 Å². The van der Waals surface area contributed by atoms with Crippen molar-refractivity contribution in [1.82, 2.24) is 0 Å². The molecule has 0 heterocycles. The second-order valence-corrected chi connectivity index (χ2v) is 6.10. The number of carbonyl (C=O) groups is 1. The van der Waals surface area contributed by atoms with Gasteiger partial charge in [-0.15, -0.1) is 0 Å². The fraction of sp³-hybridized carbons (Fsp3) is 0.300. The molecule has 0 saturated heterocycles. The highest BCUT2D eigenvalue weighted by Crippen LogP contribution is 2.30. The highest BCUT2D eigenvalue weighted by Gasteiger charge is 2.25. The molecule has 0 N–H and O–H groups in total. The SMILES string of the molecule is Cc1ccc([C@H]2CC(=O)CC(=NCc3ccccc3)C2)cc1. The lowest BCUT2D eigenvalue weighted by atomic mass is 9.82. The Bertz CT molecular complexity index is 671.